The molecular formula is C31H64S2. The number of unbranched alkanes of at least 4 members (excludes halogenated alkanes) is 22. The summed E-state index contributed by atoms with van der Waals surface area (Å²) in [5.74, 6) is 5.63. The van der Waals surface area contributed by atoms with Crippen molar-refractivity contribution in [3.8, 4) is 0 Å². The van der Waals surface area contributed by atoms with Gasteiger partial charge in [0, 0.05) is 0 Å². The zero-order valence-corrected chi connectivity index (χ0v) is 25.0. The van der Waals surface area contributed by atoms with Gasteiger partial charge in [0.25, 0.3) is 0 Å². The highest BCUT2D eigenvalue weighted by Crippen LogP contribution is 2.16. The minimum atomic E-state index is 1.37. The van der Waals surface area contributed by atoms with Gasteiger partial charge < -0.3 is 0 Å². The van der Waals surface area contributed by atoms with E-state index in [2.05, 4.69) is 37.4 Å². The molecule has 0 rings (SSSR count). The minimum Gasteiger partial charge on any atom is -0.162 e. The lowest BCUT2D eigenvalue weighted by Gasteiger charge is -2.04. The quantitative estimate of drug-likeness (QED) is 0.0899. The molecule has 0 aromatic rings. The fourth-order valence-electron chi connectivity index (χ4n) is 4.53. The average molecular weight is 501 g/mol. The maximum Gasteiger partial charge on any atom is -0.00675 e. The molecule has 0 spiro atoms. The van der Waals surface area contributed by atoms with Crippen LogP contribution >= 0.6 is 23.5 Å². The zero-order chi connectivity index (χ0) is 23.9. The Morgan fingerprint density at radius 2 is 0.424 bits per heavy atom. The Morgan fingerprint density at radius 1 is 0.242 bits per heavy atom. The van der Waals surface area contributed by atoms with Crippen molar-refractivity contribution in [1.29, 1.82) is 0 Å². The van der Waals surface area contributed by atoms with Gasteiger partial charge in [0.1, 0.15) is 0 Å². The monoisotopic (exact) mass is 500 g/mol. The van der Waals surface area contributed by atoms with E-state index in [4.69, 9.17) is 0 Å². The molecule has 0 saturated carbocycles. The first-order chi connectivity index (χ1) is 16.4. The summed E-state index contributed by atoms with van der Waals surface area (Å²) in [4.78, 5) is 0. The molecule has 0 unspecified atom stereocenters. The van der Waals surface area contributed by atoms with E-state index in [1.54, 1.807) is 0 Å². The van der Waals surface area contributed by atoms with Crippen molar-refractivity contribution in [2.24, 2.45) is 0 Å². The summed E-state index contributed by atoms with van der Waals surface area (Å²) in [6.07, 6.45) is 36.5. The first kappa shape index (κ1) is 33.7. The van der Waals surface area contributed by atoms with Crippen LogP contribution in [0.4, 0.5) is 0 Å². The number of rotatable bonds is 30. The van der Waals surface area contributed by atoms with Crippen LogP contribution in [0.3, 0.4) is 0 Å². The lowest BCUT2D eigenvalue weighted by atomic mass is 10.1. The third kappa shape index (κ3) is 32.7. The van der Waals surface area contributed by atoms with Gasteiger partial charge in [-0.15, -0.1) is 0 Å². The summed E-state index contributed by atoms with van der Waals surface area (Å²) in [5.41, 5.74) is 0. The zero-order valence-electron chi connectivity index (χ0n) is 23.3. The van der Waals surface area contributed by atoms with E-state index in [1.165, 1.54) is 184 Å². The predicted molar refractivity (Wildman–Crippen MR) is 161 cm³/mol. The van der Waals surface area contributed by atoms with Crippen molar-refractivity contribution in [1.82, 2.24) is 0 Å². The summed E-state index contributed by atoms with van der Waals surface area (Å²) in [5, 5.41) is 0. The van der Waals surface area contributed by atoms with Crippen molar-refractivity contribution in [3.05, 3.63) is 0 Å². The van der Waals surface area contributed by atoms with E-state index in [0.29, 0.717) is 0 Å². The van der Waals surface area contributed by atoms with Crippen LogP contribution in [0.15, 0.2) is 0 Å². The molecule has 200 valence electrons. The van der Waals surface area contributed by atoms with E-state index in [9.17, 15) is 0 Å². The Balaban J connectivity index is 2.99. The number of thioether (sulfide) groups is 2. The normalized spacial score (nSPS) is 11.5. The summed E-state index contributed by atoms with van der Waals surface area (Å²) in [7, 11) is 0. The molecular weight excluding hydrogens is 436 g/mol. The lowest BCUT2D eigenvalue weighted by molar-refractivity contribution is 0.563. The van der Waals surface area contributed by atoms with E-state index < -0.39 is 0 Å². The second-order valence-electron chi connectivity index (χ2n) is 10.4. The van der Waals surface area contributed by atoms with Gasteiger partial charge in [-0.2, -0.15) is 23.5 Å². The molecule has 0 nitrogen and oxygen atoms in total. The fraction of sp³-hybridized carbons (Fsp3) is 1.00. The average Bonchev–Trinajstić information content (AvgIpc) is 2.83. The number of hydrogen-bond acceptors (Lipinski definition) is 2. The molecule has 0 N–H and O–H groups in total. The van der Waals surface area contributed by atoms with Crippen LogP contribution in [0.25, 0.3) is 0 Å². The van der Waals surface area contributed by atoms with E-state index in [0.717, 1.165) is 0 Å². The third-order valence-corrected chi connectivity index (χ3v) is 9.17. The fourth-order valence-corrected chi connectivity index (χ4v) is 6.57. The summed E-state index contributed by atoms with van der Waals surface area (Å²) < 4.78 is 0. The first-order valence-electron chi connectivity index (χ1n) is 15.6. The summed E-state index contributed by atoms with van der Waals surface area (Å²) in [6.45, 7) is 4.61. The smallest absolute Gasteiger partial charge is 0.00675 e. The van der Waals surface area contributed by atoms with Crippen molar-refractivity contribution < 1.29 is 0 Å². The molecule has 2 heteroatoms. The first-order valence-corrected chi connectivity index (χ1v) is 17.9. The van der Waals surface area contributed by atoms with Crippen LogP contribution in [0.2, 0.25) is 0 Å². The van der Waals surface area contributed by atoms with Gasteiger partial charge >= 0.3 is 0 Å². The van der Waals surface area contributed by atoms with E-state index in [-0.39, 0.29) is 0 Å². The van der Waals surface area contributed by atoms with Crippen molar-refractivity contribution in [3.63, 3.8) is 0 Å². The van der Waals surface area contributed by atoms with Gasteiger partial charge in [0.15, 0.2) is 0 Å². The molecule has 0 amide bonds. The maximum absolute atomic E-state index is 2.30. The highest BCUT2D eigenvalue weighted by atomic mass is 32.2. The lowest BCUT2D eigenvalue weighted by Crippen LogP contribution is -1.88. The Bertz CT molecular complexity index is 288. The minimum absolute atomic E-state index is 1.37. The third-order valence-electron chi connectivity index (χ3n) is 6.86. The van der Waals surface area contributed by atoms with Crippen LogP contribution in [0, 0.1) is 0 Å². The topological polar surface area (TPSA) is 0 Å². The van der Waals surface area contributed by atoms with Gasteiger partial charge in [-0.3, -0.25) is 0 Å². The molecule has 0 aliphatic rings. The molecule has 0 aliphatic heterocycles. The second-order valence-corrected chi connectivity index (χ2v) is 12.8. The van der Waals surface area contributed by atoms with Crippen molar-refractivity contribution in [2.45, 2.75) is 174 Å². The van der Waals surface area contributed by atoms with E-state index in [1.807, 2.05) is 0 Å². The van der Waals surface area contributed by atoms with Crippen LogP contribution in [0.1, 0.15) is 174 Å². The SMILES string of the molecule is CCCCCCCCCCCCSCCCCCCCSCCCCCCCCCCCC. The largest absolute Gasteiger partial charge is 0.162 e. The van der Waals surface area contributed by atoms with Gasteiger partial charge in [-0.05, 0) is 48.7 Å². The van der Waals surface area contributed by atoms with Gasteiger partial charge in [-0.25, -0.2) is 0 Å². The molecule has 0 fully saturated rings. The van der Waals surface area contributed by atoms with Crippen molar-refractivity contribution in [2.75, 3.05) is 23.0 Å². The molecule has 33 heavy (non-hydrogen) atoms. The molecule has 0 bridgehead atoms. The highest BCUT2D eigenvalue weighted by molar-refractivity contribution is 7.99. The Hall–Kier alpha value is 0.700. The van der Waals surface area contributed by atoms with Gasteiger partial charge in [0.2, 0.25) is 0 Å². The second kappa shape index (κ2) is 32.7. The van der Waals surface area contributed by atoms with Crippen LogP contribution in [0.5, 0.6) is 0 Å². The molecule has 0 aromatic heterocycles. The number of hydrogen-bond donors (Lipinski definition) is 0. The Kier molecular flexibility index (Phi) is 33.4. The van der Waals surface area contributed by atoms with Crippen LogP contribution in [-0.2, 0) is 0 Å². The molecule has 0 radical (unpaired) electrons. The van der Waals surface area contributed by atoms with E-state index >= 15 is 0 Å². The molecule has 0 aromatic carbocycles. The van der Waals surface area contributed by atoms with Crippen LogP contribution < -0.4 is 0 Å². The Morgan fingerprint density at radius 3 is 0.636 bits per heavy atom. The summed E-state index contributed by atoms with van der Waals surface area (Å²) >= 11 is 4.43. The Labute approximate surface area is 220 Å². The van der Waals surface area contributed by atoms with Gasteiger partial charge in [0.05, 0.1) is 0 Å². The highest BCUT2D eigenvalue weighted by Gasteiger charge is 1.96. The molecule has 0 aliphatic carbocycles. The molecule has 0 atom stereocenters. The summed E-state index contributed by atoms with van der Waals surface area (Å²) in [6, 6.07) is 0. The van der Waals surface area contributed by atoms with Gasteiger partial charge in [-0.1, -0.05) is 149 Å². The standard InChI is InChI=1S/C31H64S2/c1-3-5-7-9-11-13-15-17-20-24-28-32-30-26-22-19-23-27-31-33-29-25-21-18-16-14-12-10-8-6-4-2/h3-31H2,1-2H3. The van der Waals surface area contributed by atoms with Crippen LogP contribution in [-0.4, -0.2) is 23.0 Å². The maximum atomic E-state index is 2.30. The predicted octanol–water partition coefficient (Wildman–Crippen LogP) is 12.2. The molecule has 0 heterocycles. The molecule has 0 saturated heterocycles. The van der Waals surface area contributed by atoms with Crippen molar-refractivity contribution >= 4 is 23.5 Å².